The maximum absolute atomic E-state index is 12.1. The lowest BCUT2D eigenvalue weighted by molar-refractivity contribution is 0.464. The van der Waals surface area contributed by atoms with Crippen molar-refractivity contribution in [3.05, 3.63) is 23.8 Å². The Bertz CT molecular complexity index is 507. The van der Waals surface area contributed by atoms with Gasteiger partial charge in [0.2, 0.25) is 10.0 Å². The largest absolute Gasteiger partial charge is 0.398 e. The third kappa shape index (κ3) is 1.92. The number of nitrogen functional groups attached to an aromatic ring is 1. The van der Waals surface area contributed by atoms with Gasteiger partial charge in [0.25, 0.3) is 0 Å². The zero-order valence-electron chi connectivity index (χ0n) is 9.47. The number of aryl methyl sites for hydroxylation is 1. The lowest BCUT2D eigenvalue weighted by atomic mass is 10.2. The van der Waals surface area contributed by atoms with Crippen molar-refractivity contribution in [1.82, 2.24) is 4.31 Å². The molecule has 1 aromatic carbocycles. The summed E-state index contributed by atoms with van der Waals surface area (Å²) in [7, 11) is -1.73. The Morgan fingerprint density at radius 3 is 2.50 bits per heavy atom. The summed E-state index contributed by atoms with van der Waals surface area (Å²) in [5, 5.41) is 0. The average molecular weight is 240 g/mol. The predicted molar refractivity (Wildman–Crippen MR) is 63.6 cm³/mol. The van der Waals surface area contributed by atoms with Gasteiger partial charge in [-0.2, -0.15) is 4.31 Å². The maximum Gasteiger partial charge on any atom is 0.243 e. The fourth-order valence-corrected chi connectivity index (χ4v) is 3.03. The molecule has 1 aliphatic rings. The van der Waals surface area contributed by atoms with Gasteiger partial charge in [0, 0.05) is 18.8 Å². The molecule has 0 saturated heterocycles. The Morgan fingerprint density at radius 1 is 1.38 bits per heavy atom. The molecule has 1 aliphatic carbocycles. The van der Waals surface area contributed by atoms with Gasteiger partial charge in [-0.05, 0) is 37.5 Å². The van der Waals surface area contributed by atoms with Crippen LogP contribution < -0.4 is 5.73 Å². The van der Waals surface area contributed by atoms with Crippen LogP contribution in [0.4, 0.5) is 5.69 Å². The maximum atomic E-state index is 12.1. The van der Waals surface area contributed by atoms with Crippen LogP contribution in [-0.2, 0) is 10.0 Å². The molecular weight excluding hydrogens is 224 g/mol. The molecule has 0 spiro atoms. The van der Waals surface area contributed by atoms with Gasteiger partial charge >= 0.3 is 0 Å². The molecule has 0 heterocycles. The van der Waals surface area contributed by atoms with Gasteiger partial charge in [-0.25, -0.2) is 8.42 Å². The summed E-state index contributed by atoms with van der Waals surface area (Å²) in [5.41, 5.74) is 7.14. The van der Waals surface area contributed by atoms with E-state index in [1.807, 2.05) is 6.92 Å². The van der Waals surface area contributed by atoms with E-state index in [0.717, 1.165) is 18.4 Å². The number of sulfonamides is 1. The Morgan fingerprint density at radius 2 is 2.00 bits per heavy atom. The molecule has 2 N–H and O–H groups in total. The van der Waals surface area contributed by atoms with Crippen LogP contribution in [0.1, 0.15) is 18.4 Å². The summed E-state index contributed by atoms with van der Waals surface area (Å²) in [6.45, 7) is 1.86. The van der Waals surface area contributed by atoms with Crippen molar-refractivity contribution >= 4 is 15.7 Å². The standard InChI is InChI=1S/C11H16N2O2S/c1-8-3-6-10(7-11(8)12)16(14,15)13(2)9-4-5-9/h3,6-7,9H,4-5,12H2,1-2H3. The SMILES string of the molecule is Cc1ccc(S(=O)(=O)N(C)C2CC2)cc1N. The van der Waals surface area contributed by atoms with Crippen LogP contribution in [0.5, 0.6) is 0 Å². The number of benzene rings is 1. The first-order valence-corrected chi connectivity index (χ1v) is 6.71. The molecule has 5 heteroatoms. The summed E-state index contributed by atoms with van der Waals surface area (Å²) in [5.74, 6) is 0. The number of hydrogen-bond acceptors (Lipinski definition) is 3. The van der Waals surface area contributed by atoms with E-state index in [1.165, 1.54) is 10.4 Å². The lowest BCUT2D eigenvalue weighted by Crippen LogP contribution is -2.29. The highest BCUT2D eigenvalue weighted by atomic mass is 32.2. The third-order valence-corrected chi connectivity index (χ3v) is 4.89. The number of nitrogens with two attached hydrogens (primary N) is 1. The fourth-order valence-electron chi connectivity index (χ4n) is 1.58. The topological polar surface area (TPSA) is 63.4 Å². The van der Waals surface area contributed by atoms with Crippen molar-refractivity contribution in [1.29, 1.82) is 0 Å². The molecular formula is C11H16N2O2S. The van der Waals surface area contributed by atoms with Crippen LogP contribution >= 0.6 is 0 Å². The molecule has 4 nitrogen and oxygen atoms in total. The van der Waals surface area contributed by atoms with Gasteiger partial charge in [-0.3, -0.25) is 0 Å². The first kappa shape index (κ1) is 11.4. The second kappa shape index (κ2) is 3.75. The quantitative estimate of drug-likeness (QED) is 0.811. The Hall–Kier alpha value is -1.07. The summed E-state index contributed by atoms with van der Waals surface area (Å²) in [6, 6.07) is 5.05. The molecule has 0 atom stereocenters. The van der Waals surface area contributed by atoms with Gasteiger partial charge in [0.1, 0.15) is 0 Å². The van der Waals surface area contributed by atoms with E-state index in [9.17, 15) is 8.42 Å². The number of rotatable bonds is 3. The van der Waals surface area contributed by atoms with Gasteiger partial charge in [-0.15, -0.1) is 0 Å². The zero-order valence-corrected chi connectivity index (χ0v) is 10.3. The molecule has 0 amide bonds. The fraction of sp³-hybridized carbons (Fsp3) is 0.455. The lowest BCUT2D eigenvalue weighted by Gasteiger charge is -2.16. The van der Waals surface area contributed by atoms with E-state index in [1.54, 1.807) is 19.2 Å². The molecule has 0 aromatic heterocycles. The van der Waals surface area contributed by atoms with Crippen molar-refractivity contribution < 1.29 is 8.42 Å². The minimum Gasteiger partial charge on any atom is -0.398 e. The van der Waals surface area contributed by atoms with Gasteiger partial charge in [-0.1, -0.05) is 6.07 Å². The second-order valence-electron chi connectivity index (χ2n) is 4.27. The van der Waals surface area contributed by atoms with Crippen LogP contribution in [0.2, 0.25) is 0 Å². The van der Waals surface area contributed by atoms with Gasteiger partial charge in [0.05, 0.1) is 4.90 Å². The molecule has 1 aromatic rings. The number of hydrogen-bond donors (Lipinski definition) is 1. The highest BCUT2D eigenvalue weighted by molar-refractivity contribution is 7.89. The van der Waals surface area contributed by atoms with Gasteiger partial charge < -0.3 is 5.73 Å². The van der Waals surface area contributed by atoms with Crippen molar-refractivity contribution in [3.63, 3.8) is 0 Å². The van der Waals surface area contributed by atoms with E-state index in [-0.39, 0.29) is 10.9 Å². The Kier molecular flexibility index (Phi) is 2.67. The Balaban J connectivity index is 2.38. The number of nitrogens with zero attached hydrogens (tertiary/aromatic N) is 1. The molecule has 16 heavy (non-hydrogen) atoms. The van der Waals surface area contributed by atoms with Crippen LogP contribution in [0.3, 0.4) is 0 Å². The molecule has 0 aliphatic heterocycles. The monoisotopic (exact) mass is 240 g/mol. The highest BCUT2D eigenvalue weighted by Gasteiger charge is 2.35. The zero-order chi connectivity index (χ0) is 11.9. The molecule has 2 rings (SSSR count). The summed E-state index contributed by atoms with van der Waals surface area (Å²) in [4.78, 5) is 0.282. The molecule has 1 fully saturated rings. The average Bonchev–Trinajstić information content (AvgIpc) is 3.04. The smallest absolute Gasteiger partial charge is 0.243 e. The summed E-state index contributed by atoms with van der Waals surface area (Å²) < 4.78 is 25.7. The molecule has 0 bridgehead atoms. The van der Waals surface area contributed by atoms with Crippen molar-refractivity contribution in [2.24, 2.45) is 0 Å². The normalized spacial score (nSPS) is 16.7. The van der Waals surface area contributed by atoms with Crippen LogP contribution in [0.25, 0.3) is 0 Å². The van der Waals surface area contributed by atoms with Crippen LogP contribution in [0.15, 0.2) is 23.1 Å². The van der Waals surface area contributed by atoms with E-state index in [2.05, 4.69) is 0 Å². The van der Waals surface area contributed by atoms with Gasteiger partial charge in [0.15, 0.2) is 0 Å². The predicted octanol–water partition coefficient (Wildman–Crippen LogP) is 1.36. The summed E-state index contributed by atoms with van der Waals surface area (Å²) >= 11 is 0. The minimum absolute atomic E-state index is 0.174. The molecule has 0 unspecified atom stereocenters. The van der Waals surface area contributed by atoms with Crippen LogP contribution in [0, 0.1) is 6.92 Å². The number of anilines is 1. The molecule has 0 radical (unpaired) electrons. The highest BCUT2D eigenvalue weighted by Crippen LogP contribution is 2.31. The third-order valence-electron chi connectivity index (χ3n) is 2.99. The van der Waals surface area contributed by atoms with Crippen molar-refractivity contribution in [2.45, 2.75) is 30.7 Å². The van der Waals surface area contributed by atoms with Crippen molar-refractivity contribution in [3.8, 4) is 0 Å². The van der Waals surface area contributed by atoms with E-state index in [0.29, 0.717) is 5.69 Å². The molecule has 88 valence electrons. The van der Waals surface area contributed by atoms with Crippen molar-refractivity contribution in [2.75, 3.05) is 12.8 Å². The first-order valence-electron chi connectivity index (χ1n) is 5.27. The van der Waals surface area contributed by atoms with E-state index >= 15 is 0 Å². The Labute approximate surface area is 96.1 Å². The minimum atomic E-state index is -3.36. The summed E-state index contributed by atoms with van der Waals surface area (Å²) in [6.07, 6.45) is 1.91. The van der Waals surface area contributed by atoms with Crippen LogP contribution in [-0.4, -0.2) is 25.8 Å². The molecule has 1 saturated carbocycles. The first-order chi connectivity index (χ1) is 7.43. The van der Waals surface area contributed by atoms with E-state index < -0.39 is 10.0 Å². The second-order valence-corrected chi connectivity index (χ2v) is 6.27. The van der Waals surface area contributed by atoms with E-state index in [4.69, 9.17) is 5.73 Å².